The Morgan fingerprint density at radius 3 is 2.33 bits per heavy atom. The number of benzene rings is 2. The predicted molar refractivity (Wildman–Crippen MR) is 139 cm³/mol. The molecule has 2 aromatic rings. The first-order chi connectivity index (χ1) is 17.2. The number of carbonyl (C=O) groups is 1. The second-order valence-electron chi connectivity index (χ2n) is 8.33. The fraction of sp³-hybridized carbons (Fsp3) is 0.423. The molecule has 0 bridgehead atoms. The molecule has 7 nitrogen and oxygen atoms in total. The molecule has 1 heterocycles. The summed E-state index contributed by atoms with van der Waals surface area (Å²) in [6.45, 7) is 4.50. The van der Waals surface area contributed by atoms with Gasteiger partial charge >= 0.3 is 0 Å². The highest BCUT2D eigenvalue weighted by atomic mass is 35.6. The normalized spacial score (nSPS) is 21.5. The summed E-state index contributed by atoms with van der Waals surface area (Å²) >= 11 is 17.6. The van der Waals surface area contributed by atoms with Crippen molar-refractivity contribution in [2.24, 2.45) is 0 Å². The predicted octanol–water partition coefficient (Wildman–Crippen LogP) is 4.97. The third-order valence-electron chi connectivity index (χ3n) is 5.87. The molecule has 0 spiro atoms. The zero-order valence-corrected chi connectivity index (χ0v) is 22.4. The van der Waals surface area contributed by atoms with Crippen LogP contribution in [0.2, 0.25) is 0 Å². The molecule has 1 N–H and O–H groups in total. The van der Waals surface area contributed by atoms with Crippen molar-refractivity contribution in [3.8, 4) is 5.75 Å². The molecule has 1 amide bonds. The molecule has 2 aromatic carbocycles. The molecule has 4 atom stereocenters. The SMILES string of the molecule is C=C[C@@](COCc1ccc(OC)cc1)(NC(=O)C(Cl)(Cl)Cl)[C@H]1O[C@H](OC)C[C@H]1OCc1ccccc1. The van der Waals surface area contributed by atoms with Gasteiger partial charge in [0.25, 0.3) is 9.70 Å². The van der Waals surface area contributed by atoms with Crippen LogP contribution in [0, 0.1) is 0 Å². The van der Waals surface area contributed by atoms with Crippen molar-refractivity contribution in [3.05, 3.63) is 78.4 Å². The number of amides is 1. The summed E-state index contributed by atoms with van der Waals surface area (Å²) < 4.78 is 26.8. The molecule has 196 valence electrons. The number of hydrogen-bond acceptors (Lipinski definition) is 6. The van der Waals surface area contributed by atoms with Gasteiger partial charge in [-0.05, 0) is 23.3 Å². The van der Waals surface area contributed by atoms with Gasteiger partial charge in [-0.25, -0.2) is 0 Å². The minimum atomic E-state index is -2.20. The molecule has 0 aliphatic carbocycles. The van der Waals surface area contributed by atoms with Gasteiger partial charge in [0.1, 0.15) is 17.4 Å². The van der Waals surface area contributed by atoms with Crippen molar-refractivity contribution in [2.45, 2.75) is 47.5 Å². The summed E-state index contributed by atoms with van der Waals surface area (Å²) in [5.74, 6) is -0.107. The summed E-state index contributed by atoms with van der Waals surface area (Å²) in [6, 6.07) is 17.1. The highest BCUT2D eigenvalue weighted by molar-refractivity contribution is 6.76. The fourth-order valence-corrected chi connectivity index (χ4v) is 4.06. The van der Waals surface area contributed by atoms with Crippen molar-refractivity contribution in [3.63, 3.8) is 0 Å². The van der Waals surface area contributed by atoms with E-state index in [4.69, 9.17) is 58.5 Å². The van der Waals surface area contributed by atoms with Gasteiger partial charge in [-0.3, -0.25) is 4.79 Å². The lowest BCUT2D eigenvalue weighted by molar-refractivity contribution is -0.151. The molecule has 3 rings (SSSR count). The van der Waals surface area contributed by atoms with Gasteiger partial charge in [0.15, 0.2) is 6.29 Å². The fourth-order valence-electron chi connectivity index (χ4n) is 3.92. The van der Waals surface area contributed by atoms with E-state index in [1.165, 1.54) is 13.2 Å². The van der Waals surface area contributed by atoms with Crippen LogP contribution < -0.4 is 10.1 Å². The Labute approximate surface area is 226 Å². The van der Waals surface area contributed by atoms with Gasteiger partial charge < -0.3 is 29.0 Å². The lowest BCUT2D eigenvalue weighted by Gasteiger charge is -2.39. The van der Waals surface area contributed by atoms with Crippen LogP contribution in [0.25, 0.3) is 0 Å². The lowest BCUT2D eigenvalue weighted by atomic mass is 9.89. The first-order valence-corrected chi connectivity index (χ1v) is 12.4. The maximum atomic E-state index is 12.8. The quantitative estimate of drug-likeness (QED) is 0.293. The van der Waals surface area contributed by atoms with Crippen molar-refractivity contribution in [2.75, 3.05) is 20.8 Å². The summed E-state index contributed by atoms with van der Waals surface area (Å²) in [5, 5.41) is 2.78. The van der Waals surface area contributed by atoms with Crippen molar-refractivity contribution < 1.29 is 28.5 Å². The van der Waals surface area contributed by atoms with Gasteiger partial charge in [0, 0.05) is 13.5 Å². The lowest BCUT2D eigenvalue weighted by Crippen LogP contribution is -2.63. The van der Waals surface area contributed by atoms with E-state index in [0.29, 0.717) is 13.0 Å². The summed E-state index contributed by atoms with van der Waals surface area (Å²) in [6.07, 6.45) is 0.161. The van der Waals surface area contributed by atoms with Gasteiger partial charge in [0.05, 0.1) is 33.0 Å². The number of nitrogens with one attached hydrogen (secondary N) is 1. The molecular weight excluding hydrogens is 529 g/mol. The number of carbonyl (C=O) groups excluding carboxylic acids is 1. The van der Waals surface area contributed by atoms with Crippen LogP contribution in [0.4, 0.5) is 0 Å². The number of halogens is 3. The maximum absolute atomic E-state index is 12.8. The maximum Gasteiger partial charge on any atom is 0.273 e. The van der Waals surface area contributed by atoms with Crippen LogP contribution in [0.3, 0.4) is 0 Å². The Balaban J connectivity index is 1.82. The molecule has 1 aliphatic heterocycles. The molecule has 0 unspecified atom stereocenters. The molecule has 0 saturated carbocycles. The Morgan fingerprint density at radius 1 is 1.08 bits per heavy atom. The molecule has 10 heteroatoms. The first kappa shape index (κ1) is 28.7. The van der Waals surface area contributed by atoms with Gasteiger partial charge in [-0.2, -0.15) is 0 Å². The second kappa shape index (κ2) is 13.1. The number of ether oxygens (including phenoxy) is 5. The average molecular weight is 559 g/mol. The monoisotopic (exact) mass is 557 g/mol. The van der Waals surface area contributed by atoms with E-state index >= 15 is 0 Å². The van der Waals surface area contributed by atoms with E-state index in [0.717, 1.165) is 16.9 Å². The van der Waals surface area contributed by atoms with Crippen LogP contribution >= 0.6 is 34.8 Å². The third kappa shape index (κ3) is 7.59. The van der Waals surface area contributed by atoms with E-state index in [2.05, 4.69) is 11.9 Å². The van der Waals surface area contributed by atoms with E-state index < -0.39 is 33.7 Å². The van der Waals surface area contributed by atoms with E-state index in [1.807, 2.05) is 54.6 Å². The minimum Gasteiger partial charge on any atom is -0.497 e. The van der Waals surface area contributed by atoms with Crippen molar-refractivity contribution in [1.82, 2.24) is 5.32 Å². The summed E-state index contributed by atoms with van der Waals surface area (Å²) in [5.41, 5.74) is 0.602. The van der Waals surface area contributed by atoms with Crippen molar-refractivity contribution >= 4 is 40.7 Å². The van der Waals surface area contributed by atoms with Crippen LogP contribution in [-0.4, -0.2) is 54.6 Å². The van der Waals surface area contributed by atoms with E-state index in [1.54, 1.807) is 7.11 Å². The highest BCUT2D eigenvalue weighted by Crippen LogP contribution is 2.35. The second-order valence-corrected chi connectivity index (χ2v) is 10.6. The Morgan fingerprint density at radius 2 is 1.75 bits per heavy atom. The van der Waals surface area contributed by atoms with E-state index in [-0.39, 0.29) is 13.2 Å². The Hall–Kier alpha value is -1.84. The Kier molecular flexibility index (Phi) is 10.5. The molecule has 36 heavy (non-hydrogen) atoms. The molecule has 0 radical (unpaired) electrons. The number of alkyl halides is 3. The van der Waals surface area contributed by atoms with Crippen LogP contribution in [-0.2, 0) is 37.0 Å². The number of rotatable bonds is 12. The third-order valence-corrected chi connectivity index (χ3v) is 6.39. The molecule has 1 saturated heterocycles. The largest absolute Gasteiger partial charge is 0.497 e. The average Bonchev–Trinajstić information content (AvgIpc) is 3.31. The van der Waals surface area contributed by atoms with E-state index in [9.17, 15) is 4.79 Å². The number of methoxy groups -OCH3 is 2. The topological polar surface area (TPSA) is 75.3 Å². The van der Waals surface area contributed by atoms with Gasteiger partial charge in [0.2, 0.25) is 0 Å². The smallest absolute Gasteiger partial charge is 0.273 e. The molecule has 1 fully saturated rings. The molecular formula is C26H30Cl3NO6. The standard InChI is InChI=1S/C26H30Cl3NO6/c1-4-25(30-24(31)26(27,28)29,17-34-15-19-10-12-20(32-2)13-11-19)23-21(14-22(33-3)36-23)35-16-18-8-6-5-7-9-18/h4-13,21-23H,1,14-17H2,2-3H3,(H,30,31)/t21-,22+,23+,25+/m1/s1. The van der Waals surface area contributed by atoms with Gasteiger partial charge in [-0.1, -0.05) is 83.3 Å². The van der Waals surface area contributed by atoms with Crippen molar-refractivity contribution in [1.29, 1.82) is 0 Å². The molecule has 0 aromatic heterocycles. The zero-order chi connectivity index (χ0) is 26.2. The number of hydrogen-bond donors (Lipinski definition) is 1. The van der Waals surface area contributed by atoms with Crippen LogP contribution in [0.5, 0.6) is 5.75 Å². The zero-order valence-electron chi connectivity index (χ0n) is 20.1. The van der Waals surface area contributed by atoms with Crippen LogP contribution in [0.15, 0.2) is 67.3 Å². The van der Waals surface area contributed by atoms with Crippen LogP contribution in [0.1, 0.15) is 17.5 Å². The minimum absolute atomic E-state index is 0.0265. The Bertz CT molecular complexity index is 985. The first-order valence-electron chi connectivity index (χ1n) is 11.3. The summed E-state index contributed by atoms with van der Waals surface area (Å²) in [7, 11) is 3.14. The van der Waals surface area contributed by atoms with Gasteiger partial charge in [-0.15, -0.1) is 6.58 Å². The molecule has 1 aliphatic rings. The highest BCUT2D eigenvalue weighted by Gasteiger charge is 2.51. The summed E-state index contributed by atoms with van der Waals surface area (Å²) in [4.78, 5) is 12.8.